The molecule has 2 rings (SSSR count). The molecule has 2 N–H and O–H groups in total. The van der Waals surface area contributed by atoms with Gasteiger partial charge in [0, 0.05) is 13.1 Å². The Hall–Kier alpha value is -2.16. The predicted molar refractivity (Wildman–Crippen MR) is 76.7 cm³/mol. The molecule has 0 aliphatic carbocycles. The van der Waals surface area contributed by atoms with Gasteiger partial charge in [-0.25, -0.2) is 8.42 Å². The van der Waals surface area contributed by atoms with E-state index in [1.165, 1.54) is 23.1 Å². The summed E-state index contributed by atoms with van der Waals surface area (Å²) in [5, 5.41) is 11.1. The molecule has 0 bridgehead atoms. The molecule has 114 valence electrons. The normalized spacial score (nSPS) is 18.0. The highest BCUT2D eigenvalue weighted by Gasteiger charge is 2.29. The van der Waals surface area contributed by atoms with Crippen molar-refractivity contribution >= 4 is 27.1 Å². The zero-order chi connectivity index (χ0) is 15.6. The fraction of sp³-hybridized carbons (Fsp3) is 0.417. The molecule has 1 aromatic rings. The predicted octanol–water partition coefficient (Wildman–Crippen LogP) is 0.438. The maximum absolute atomic E-state index is 12.4. The van der Waals surface area contributed by atoms with Crippen LogP contribution in [0.5, 0.6) is 0 Å². The van der Waals surface area contributed by atoms with Crippen LogP contribution in [0.15, 0.2) is 18.2 Å². The Morgan fingerprint density at radius 3 is 2.67 bits per heavy atom. The third kappa shape index (κ3) is 3.30. The van der Waals surface area contributed by atoms with Gasteiger partial charge in [0.15, 0.2) is 9.84 Å². The molecule has 1 saturated heterocycles. The summed E-state index contributed by atoms with van der Waals surface area (Å²) in [6.07, 6.45) is 0.324. The number of carbonyl (C=O) groups excluding carboxylic acids is 1. The van der Waals surface area contributed by atoms with Gasteiger partial charge in [-0.2, -0.15) is 0 Å². The Bertz CT molecular complexity index is 686. The molecule has 0 atom stereocenters. The average Bonchev–Trinajstić information content (AvgIpc) is 2.58. The second-order valence-corrected chi connectivity index (χ2v) is 7.10. The van der Waals surface area contributed by atoms with Crippen LogP contribution in [0.2, 0.25) is 0 Å². The molecule has 8 nitrogen and oxygen atoms in total. The fourth-order valence-corrected chi connectivity index (χ4v) is 3.52. The molecular formula is C12H15N3O5S. The van der Waals surface area contributed by atoms with Crippen molar-refractivity contribution in [3.8, 4) is 0 Å². The van der Waals surface area contributed by atoms with E-state index in [4.69, 9.17) is 5.73 Å². The topological polar surface area (TPSA) is 124 Å². The molecule has 1 amide bonds. The number of hydrogen-bond donors (Lipinski definition) is 1. The van der Waals surface area contributed by atoms with Gasteiger partial charge in [-0.3, -0.25) is 14.9 Å². The summed E-state index contributed by atoms with van der Waals surface area (Å²) in [5.74, 6) is -0.670. The number of anilines is 1. The first-order chi connectivity index (χ1) is 9.82. The number of hydrogen-bond acceptors (Lipinski definition) is 6. The van der Waals surface area contributed by atoms with Crippen LogP contribution in [0.3, 0.4) is 0 Å². The van der Waals surface area contributed by atoms with Gasteiger partial charge >= 0.3 is 5.69 Å². The standard InChI is InChI=1S/C12H15N3O5S/c13-10-4-1-3-9(11(10)15(17)18)12(16)14-5-2-7-21(19,20)8-6-14/h1,3-4H,2,5-8,13H2. The zero-order valence-corrected chi connectivity index (χ0v) is 12.0. The molecule has 1 heterocycles. The molecule has 1 aliphatic heterocycles. The van der Waals surface area contributed by atoms with E-state index in [2.05, 4.69) is 0 Å². The lowest BCUT2D eigenvalue weighted by atomic mass is 10.1. The highest BCUT2D eigenvalue weighted by Crippen LogP contribution is 2.27. The Morgan fingerprint density at radius 2 is 2.00 bits per heavy atom. The van der Waals surface area contributed by atoms with Gasteiger partial charge in [0.25, 0.3) is 5.91 Å². The molecule has 0 radical (unpaired) electrons. The summed E-state index contributed by atoms with van der Waals surface area (Å²) in [6.45, 7) is 0.289. The Labute approximate surface area is 121 Å². The molecule has 0 aromatic heterocycles. The van der Waals surface area contributed by atoms with E-state index in [1.54, 1.807) is 0 Å². The molecule has 0 unspecified atom stereocenters. The van der Waals surface area contributed by atoms with Crippen LogP contribution >= 0.6 is 0 Å². The van der Waals surface area contributed by atoms with Crippen LogP contribution in [0.4, 0.5) is 11.4 Å². The Morgan fingerprint density at radius 1 is 1.29 bits per heavy atom. The van der Waals surface area contributed by atoms with Crippen molar-refractivity contribution in [3.05, 3.63) is 33.9 Å². The molecule has 21 heavy (non-hydrogen) atoms. The summed E-state index contributed by atoms with van der Waals surface area (Å²) in [5.41, 5.74) is 4.92. The number of para-hydroxylation sites is 1. The first-order valence-corrected chi connectivity index (χ1v) is 8.16. The number of nitrogens with two attached hydrogens (primary N) is 1. The minimum absolute atomic E-state index is 0.0236. The molecule has 0 saturated carbocycles. The van der Waals surface area contributed by atoms with E-state index in [9.17, 15) is 23.3 Å². The number of nitrogen functional groups attached to an aromatic ring is 1. The van der Waals surface area contributed by atoms with E-state index in [-0.39, 0.29) is 35.8 Å². The highest BCUT2D eigenvalue weighted by atomic mass is 32.2. The monoisotopic (exact) mass is 313 g/mol. The summed E-state index contributed by atoms with van der Waals surface area (Å²) >= 11 is 0. The van der Waals surface area contributed by atoms with Gasteiger partial charge in [-0.05, 0) is 18.6 Å². The third-order valence-electron chi connectivity index (χ3n) is 3.32. The summed E-state index contributed by atoms with van der Waals surface area (Å²) in [4.78, 5) is 24.1. The van der Waals surface area contributed by atoms with E-state index in [0.717, 1.165) is 0 Å². The first-order valence-electron chi connectivity index (χ1n) is 6.34. The molecule has 0 spiro atoms. The highest BCUT2D eigenvalue weighted by molar-refractivity contribution is 7.91. The summed E-state index contributed by atoms with van der Waals surface area (Å²) in [7, 11) is -3.15. The minimum Gasteiger partial charge on any atom is -0.393 e. The van der Waals surface area contributed by atoms with E-state index in [1.807, 2.05) is 0 Å². The molecule has 1 fully saturated rings. The maximum Gasteiger partial charge on any atom is 0.304 e. The van der Waals surface area contributed by atoms with Crippen LogP contribution in [0.25, 0.3) is 0 Å². The van der Waals surface area contributed by atoms with Gasteiger partial charge in [-0.1, -0.05) is 6.07 Å². The van der Waals surface area contributed by atoms with Crippen LogP contribution in [-0.2, 0) is 9.84 Å². The van der Waals surface area contributed by atoms with Crippen molar-refractivity contribution in [2.24, 2.45) is 0 Å². The number of nitro benzene ring substituents is 1. The van der Waals surface area contributed by atoms with Crippen molar-refractivity contribution in [2.75, 3.05) is 30.3 Å². The van der Waals surface area contributed by atoms with Crippen LogP contribution in [0, 0.1) is 10.1 Å². The van der Waals surface area contributed by atoms with Gasteiger partial charge in [0.2, 0.25) is 0 Å². The van der Waals surface area contributed by atoms with E-state index in [0.29, 0.717) is 6.42 Å². The minimum atomic E-state index is -3.15. The van der Waals surface area contributed by atoms with E-state index < -0.39 is 26.4 Å². The van der Waals surface area contributed by atoms with Crippen molar-refractivity contribution in [3.63, 3.8) is 0 Å². The lowest BCUT2D eigenvalue weighted by molar-refractivity contribution is -0.384. The van der Waals surface area contributed by atoms with E-state index >= 15 is 0 Å². The number of amides is 1. The summed E-state index contributed by atoms with van der Waals surface area (Å²) < 4.78 is 23.1. The zero-order valence-electron chi connectivity index (χ0n) is 11.2. The number of sulfone groups is 1. The largest absolute Gasteiger partial charge is 0.393 e. The fourth-order valence-electron chi connectivity index (χ4n) is 2.25. The number of nitrogens with zero attached hydrogens (tertiary/aromatic N) is 2. The van der Waals surface area contributed by atoms with Crippen LogP contribution < -0.4 is 5.73 Å². The number of carbonyl (C=O) groups is 1. The number of nitro groups is 1. The molecule has 1 aliphatic rings. The Balaban J connectivity index is 2.33. The first kappa shape index (κ1) is 15.2. The lowest BCUT2D eigenvalue weighted by Gasteiger charge is -2.19. The van der Waals surface area contributed by atoms with Gasteiger partial charge in [0.05, 0.1) is 16.4 Å². The summed E-state index contributed by atoms with van der Waals surface area (Å²) in [6, 6.07) is 4.14. The van der Waals surface area contributed by atoms with Gasteiger partial charge in [-0.15, -0.1) is 0 Å². The van der Waals surface area contributed by atoms with Gasteiger partial charge < -0.3 is 10.6 Å². The number of benzene rings is 1. The molecular weight excluding hydrogens is 298 g/mol. The van der Waals surface area contributed by atoms with Crippen molar-refractivity contribution < 1.29 is 18.1 Å². The average molecular weight is 313 g/mol. The Kier molecular flexibility index (Phi) is 4.12. The SMILES string of the molecule is Nc1cccc(C(=O)N2CCCS(=O)(=O)CC2)c1[N+](=O)[O-]. The molecule has 1 aromatic carbocycles. The second-order valence-electron chi connectivity index (χ2n) is 4.80. The van der Waals surface area contributed by atoms with Crippen LogP contribution in [-0.4, -0.2) is 48.7 Å². The van der Waals surface area contributed by atoms with Crippen molar-refractivity contribution in [1.82, 2.24) is 4.90 Å². The van der Waals surface area contributed by atoms with Crippen LogP contribution in [0.1, 0.15) is 16.8 Å². The lowest BCUT2D eigenvalue weighted by Crippen LogP contribution is -2.34. The maximum atomic E-state index is 12.4. The van der Waals surface area contributed by atoms with Gasteiger partial charge in [0.1, 0.15) is 11.3 Å². The smallest absolute Gasteiger partial charge is 0.304 e. The quantitative estimate of drug-likeness (QED) is 0.480. The third-order valence-corrected chi connectivity index (χ3v) is 5.04. The van der Waals surface area contributed by atoms with Crippen molar-refractivity contribution in [2.45, 2.75) is 6.42 Å². The molecule has 9 heteroatoms. The second kappa shape index (κ2) is 5.68. The van der Waals surface area contributed by atoms with Crippen molar-refractivity contribution in [1.29, 1.82) is 0 Å². The number of rotatable bonds is 2.